The van der Waals surface area contributed by atoms with Crippen molar-refractivity contribution in [2.45, 2.75) is 32.4 Å². The van der Waals surface area contributed by atoms with Gasteiger partial charge in [0.1, 0.15) is 5.75 Å². The molecule has 1 aliphatic rings. The van der Waals surface area contributed by atoms with E-state index in [1.54, 1.807) is 7.11 Å². The zero-order chi connectivity index (χ0) is 19.4. The number of nitrogens with one attached hydrogen (secondary N) is 2. The Morgan fingerprint density at radius 3 is 2.81 bits per heavy atom. The van der Waals surface area contributed by atoms with Crippen LogP contribution in [0.15, 0.2) is 42.5 Å². The molecule has 1 aliphatic heterocycles. The van der Waals surface area contributed by atoms with Crippen LogP contribution < -0.4 is 20.3 Å². The number of urea groups is 1. The summed E-state index contributed by atoms with van der Waals surface area (Å²) in [6.45, 7) is 5.62. The fraction of sp³-hybridized carbons (Fsp3) is 0.381. The van der Waals surface area contributed by atoms with Gasteiger partial charge in [-0.05, 0) is 49.6 Å². The number of hydrogen-bond donors (Lipinski definition) is 2. The summed E-state index contributed by atoms with van der Waals surface area (Å²) in [5, 5.41) is 6.79. The molecule has 1 saturated heterocycles. The topological polar surface area (TPSA) is 53.6 Å². The number of aryl methyl sites for hydroxylation is 1. The molecule has 0 saturated carbocycles. The lowest BCUT2D eigenvalue weighted by Gasteiger charge is -2.22. The molecular weight excluding hydrogens is 362 g/mol. The molecule has 3 rings (SSSR count). The third-order valence-electron chi connectivity index (χ3n) is 5.01. The summed E-state index contributed by atoms with van der Waals surface area (Å²) >= 11 is 6.14. The fourth-order valence-electron chi connectivity index (χ4n) is 3.58. The van der Waals surface area contributed by atoms with Gasteiger partial charge >= 0.3 is 6.03 Å². The van der Waals surface area contributed by atoms with E-state index in [0.717, 1.165) is 36.5 Å². The number of amides is 2. The van der Waals surface area contributed by atoms with Crippen LogP contribution >= 0.6 is 11.6 Å². The first-order valence-corrected chi connectivity index (χ1v) is 9.56. The van der Waals surface area contributed by atoms with Crippen molar-refractivity contribution in [2.24, 2.45) is 0 Å². The lowest BCUT2D eigenvalue weighted by atomic mass is 10.0. The summed E-state index contributed by atoms with van der Waals surface area (Å²) in [5.41, 5.74) is 3.26. The number of benzene rings is 2. The molecule has 0 spiro atoms. The van der Waals surface area contributed by atoms with Crippen LogP contribution in [0.5, 0.6) is 5.75 Å². The number of halogens is 1. The zero-order valence-corrected chi connectivity index (χ0v) is 16.7. The Morgan fingerprint density at radius 1 is 1.30 bits per heavy atom. The van der Waals surface area contributed by atoms with Gasteiger partial charge < -0.3 is 20.3 Å². The largest absolute Gasteiger partial charge is 0.495 e. The van der Waals surface area contributed by atoms with Crippen molar-refractivity contribution in [1.29, 1.82) is 0 Å². The smallest absolute Gasteiger partial charge is 0.315 e. The van der Waals surface area contributed by atoms with Crippen LogP contribution in [-0.4, -0.2) is 32.3 Å². The van der Waals surface area contributed by atoms with Gasteiger partial charge in [0.15, 0.2) is 0 Å². The minimum absolute atomic E-state index is 0.0447. The van der Waals surface area contributed by atoms with Gasteiger partial charge in [-0.25, -0.2) is 4.79 Å². The maximum absolute atomic E-state index is 12.4. The molecule has 2 N–H and O–H groups in total. The van der Waals surface area contributed by atoms with E-state index in [1.807, 2.05) is 43.3 Å². The van der Waals surface area contributed by atoms with Gasteiger partial charge in [-0.2, -0.15) is 0 Å². The molecule has 2 atom stereocenters. The molecule has 27 heavy (non-hydrogen) atoms. The molecule has 2 amide bonds. The maximum atomic E-state index is 12.4. The number of hydrogen-bond acceptors (Lipinski definition) is 3. The molecule has 0 aliphatic carbocycles. The quantitative estimate of drug-likeness (QED) is 0.804. The highest BCUT2D eigenvalue weighted by atomic mass is 35.5. The molecule has 6 heteroatoms. The van der Waals surface area contributed by atoms with Crippen LogP contribution in [0, 0.1) is 6.92 Å². The normalized spacial score (nSPS) is 17.5. The average Bonchev–Trinajstić information content (AvgIpc) is 3.10. The molecular formula is C21H26ClN3O2. The van der Waals surface area contributed by atoms with E-state index in [1.165, 1.54) is 5.56 Å². The maximum Gasteiger partial charge on any atom is 0.315 e. The van der Waals surface area contributed by atoms with Crippen molar-refractivity contribution in [3.05, 3.63) is 58.6 Å². The SMILES string of the molecule is COc1ccc(Cl)cc1N1CCC(NC(=O)NC(C)c2ccccc2C)C1. The highest BCUT2D eigenvalue weighted by Gasteiger charge is 2.26. The molecule has 0 aromatic heterocycles. The molecule has 1 heterocycles. The standard InChI is InChI=1S/C21H26ClN3O2/c1-14-6-4-5-7-18(14)15(2)23-21(26)24-17-10-11-25(13-17)19-12-16(22)8-9-20(19)27-3/h4-9,12,15,17H,10-11,13H2,1-3H3,(H2,23,24,26). The van der Waals surface area contributed by atoms with E-state index in [9.17, 15) is 4.79 Å². The van der Waals surface area contributed by atoms with Gasteiger partial charge in [0.25, 0.3) is 0 Å². The summed E-state index contributed by atoms with van der Waals surface area (Å²) in [6, 6.07) is 13.6. The minimum Gasteiger partial charge on any atom is -0.495 e. The predicted octanol–water partition coefficient (Wildman–Crippen LogP) is 4.30. The number of carbonyl (C=O) groups is 1. The number of nitrogens with zero attached hydrogens (tertiary/aromatic N) is 1. The second-order valence-electron chi connectivity index (χ2n) is 6.94. The van der Waals surface area contributed by atoms with Crippen LogP contribution in [0.2, 0.25) is 5.02 Å². The monoisotopic (exact) mass is 387 g/mol. The molecule has 0 bridgehead atoms. The molecule has 5 nitrogen and oxygen atoms in total. The Labute approximate surface area is 165 Å². The highest BCUT2D eigenvalue weighted by Crippen LogP contribution is 2.33. The van der Waals surface area contributed by atoms with Crippen molar-refractivity contribution < 1.29 is 9.53 Å². The van der Waals surface area contributed by atoms with Gasteiger partial charge in [0.2, 0.25) is 0 Å². The molecule has 0 radical (unpaired) electrons. The summed E-state index contributed by atoms with van der Waals surface area (Å²) < 4.78 is 5.44. The van der Waals surface area contributed by atoms with E-state index in [0.29, 0.717) is 5.02 Å². The summed E-state index contributed by atoms with van der Waals surface area (Å²) in [7, 11) is 1.65. The Kier molecular flexibility index (Phi) is 6.11. The lowest BCUT2D eigenvalue weighted by Crippen LogP contribution is -2.44. The van der Waals surface area contributed by atoms with E-state index in [4.69, 9.17) is 16.3 Å². The molecule has 2 unspecified atom stereocenters. The number of rotatable bonds is 5. The van der Waals surface area contributed by atoms with Gasteiger partial charge in [0, 0.05) is 24.2 Å². The third-order valence-corrected chi connectivity index (χ3v) is 5.24. The Balaban J connectivity index is 1.58. The molecule has 1 fully saturated rings. The number of methoxy groups -OCH3 is 1. The average molecular weight is 388 g/mol. The zero-order valence-electron chi connectivity index (χ0n) is 16.0. The number of ether oxygens (including phenoxy) is 1. The second-order valence-corrected chi connectivity index (χ2v) is 7.38. The summed E-state index contributed by atoms with van der Waals surface area (Å²) in [4.78, 5) is 14.6. The molecule has 144 valence electrons. The Hall–Kier alpha value is -2.40. The molecule has 2 aromatic carbocycles. The van der Waals surface area contributed by atoms with Crippen LogP contribution in [0.1, 0.15) is 30.5 Å². The molecule has 2 aromatic rings. The van der Waals surface area contributed by atoms with Gasteiger partial charge in [-0.3, -0.25) is 0 Å². The Bertz CT molecular complexity index is 812. The van der Waals surface area contributed by atoms with Gasteiger partial charge in [-0.15, -0.1) is 0 Å². The van der Waals surface area contributed by atoms with Crippen LogP contribution in [-0.2, 0) is 0 Å². The first-order chi connectivity index (χ1) is 13.0. The third kappa shape index (κ3) is 4.66. The predicted molar refractivity (Wildman–Crippen MR) is 110 cm³/mol. The summed E-state index contributed by atoms with van der Waals surface area (Å²) in [6.07, 6.45) is 0.877. The lowest BCUT2D eigenvalue weighted by molar-refractivity contribution is 0.235. The van der Waals surface area contributed by atoms with Gasteiger partial charge in [0.05, 0.1) is 18.8 Å². The van der Waals surface area contributed by atoms with Crippen molar-refractivity contribution in [1.82, 2.24) is 10.6 Å². The van der Waals surface area contributed by atoms with Gasteiger partial charge in [-0.1, -0.05) is 35.9 Å². The van der Waals surface area contributed by atoms with E-state index in [2.05, 4.69) is 28.5 Å². The minimum atomic E-state index is -0.143. The van der Waals surface area contributed by atoms with Crippen molar-refractivity contribution in [3.63, 3.8) is 0 Å². The van der Waals surface area contributed by atoms with E-state index >= 15 is 0 Å². The van der Waals surface area contributed by atoms with Crippen LogP contribution in [0.3, 0.4) is 0 Å². The van der Waals surface area contributed by atoms with Crippen LogP contribution in [0.4, 0.5) is 10.5 Å². The van der Waals surface area contributed by atoms with E-state index < -0.39 is 0 Å². The van der Waals surface area contributed by atoms with Crippen LogP contribution in [0.25, 0.3) is 0 Å². The Morgan fingerprint density at radius 2 is 2.07 bits per heavy atom. The number of carbonyl (C=O) groups excluding carboxylic acids is 1. The second kappa shape index (κ2) is 8.53. The summed E-state index contributed by atoms with van der Waals surface area (Å²) in [5.74, 6) is 0.790. The fourth-order valence-corrected chi connectivity index (χ4v) is 3.75. The highest BCUT2D eigenvalue weighted by molar-refractivity contribution is 6.30. The first kappa shape index (κ1) is 19.4. The first-order valence-electron chi connectivity index (χ1n) is 9.19. The number of anilines is 1. The van der Waals surface area contributed by atoms with Crippen molar-refractivity contribution in [2.75, 3.05) is 25.1 Å². The van der Waals surface area contributed by atoms with Crippen molar-refractivity contribution in [3.8, 4) is 5.75 Å². The van der Waals surface area contributed by atoms with E-state index in [-0.39, 0.29) is 18.1 Å². The van der Waals surface area contributed by atoms with Crippen molar-refractivity contribution >= 4 is 23.3 Å².